The standard InChI is InChI=1S/C28H30ClN3O4S/c1-20-5-12-25(16-21(20)2)32(37(35,36)26-13-10-24(29)11-14-26)19-27(33)30-17-22-6-8-23(9-7-22)18-31-15-3-4-28(31)34/h5-14,16H,3-4,15,17-19H2,1-2H3,(H,30,33). The molecule has 37 heavy (non-hydrogen) atoms. The molecule has 9 heteroatoms. The number of aryl methyl sites for hydroxylation is 2. The highest BCUT2D eigenvalue weighted by atomic mass is 35.5. The molecule has 0 spiro atoms. The first-order chi connectivity index (χ1) is 17.6. The summed E-state index contributed by atoms with van der Waals surface area (Å²) in [4.78, 5) is 26.7. The lowest BCUT2D eigenvalue weighted by Crippen LogP contribution is -2.40. The van der Waals surface area contributed by atoms with E-state index in [2.05, 4.69) is 5.32 Å². The van der Waals surface area contributed by atoms with Gasteiger partial charge in [-0.1, -0.05) is 41.9 Å². The van der Waals surface area contributed by atoms with Crippen LogP contribution in [0.25, 0.3) is 0 Å². The van der Waals surface area contributed by atoms with Crippen molar-refractivity contribution in [1.82, 2.24) is 10.2 Å². The highest BCUT2D eigenvalue weighted by Gasteiger charge is 2.27. The third-order valence-electron chi connectivity index (χ3n) is 6.52. The number of hydrogen-bond acceptors (Lipinski definition) is 4. The first-order valence-corrected chi connectivity index (χ1v) is 13.9. The molecular weight excluding hydrogens is 510 g/mol. The summed E-state index contributed by atoms with van der Waals surface area (Å²) in [5.74, 6) is -0.249. The molecule has 0 atom stereocenters. The number of hydrogen-bond donors (Lipinski definition) is 1. The van der Waals surface area contributed by atoms with E-state index in [9.17, 15) is 18.0 Å². The zero-order chi connectivity index (χ0) is 26.6. The maximum atomic E-state index is 13.5. The number of benzene rings is 3. The van der Waals surface area contributed by atoms with E-state index < -0.39 is 15.9 Å². The van der Waals surface area contributed by atoms with Crippen LogP contribution in [-0.2, 0) is 32.7 Å². The van der Waals surface area contributed by atoms with Crippen molar-refractivity contribution in [2.45, 2.75) is 44.7 Å². The Labute approximate surface area is 223 Å². The van der Waals surface area contributed by atoms with Gasteiger partial charge in [-0.05, 0) is 78.9 Å². The van der Waals surface area contributed by atoms with Gasteiger partial charge >= 0.3 is 0 Å². The summed E-state index contributed by atoms with van der Waals surface area (Å²) in [5.41, 5.74) is 4.26. The van der Waals surface area contributed by atoms with E-state index in [1.54, 1.807) is 12.1 Å². The van der Waals surface area contributed by atoms with E-state index in [0.29, 0.717) is 23.7 Å². The largest absolute Gasteiger partial charge is 0.350 e. The molecule has 0 aliphatic carbocycles. The van der Waals surface area contributed by atoms with E-state index in [-0.39, 0.29) is 23.9 Å². The van der Waals surface area contributed by atoms with Crippen molar-refractivity contribution >= 4 is 39.1 Å². The minimum atomic E-state index is -4.02. The van der Waals surface area contributed by atoms with Gasteiger partial charge in [-0.2, -0.15) is 0 Å². The maximum Gasteiger partial charge on any atom is 0.264 e. The predicted octanol–water partition coefficient (Wildman–Crippen LogP) is 4.59. The molecule has 2 amide bonds. The Morgan fingerprint density at radius 1 is 0.973 bits per heavy atom. The molecule has 1 aliphatic heterocycles. The molecule has 1 aliphatic rings. The molecule has 3 aromatic rings. The second kappa shape index (κ2) is 11.4. The Morgan fingerprint density at radius 2 is 1.65 bits per heavy atom. The lowest BCUT2D eigenvalue weighted by Gasteiger charge is -2.25. The number of halogens is 1. The summed E-state index contributed by atoms with van der Waals surface area (Å²) in [6.07, 6.45) is 1.51. The van der Waals surface area contributed by atoms with Crippen LogP contribution in [0.5, 0.6) is 0 Å². The molecule has 194 valence electrons. The second-order valence-electron chi connectivity index (χ2n) is 9.25. The zero-order valence-electron chi connectivity index (χ0n) is 20.9. The number of rotatable bonds is 9. The molecule has 3 aromatic carbocycles. The molecule has 7 nitrogen and oxygen atoms in total. The van der Waals surface area contributed by atoms with Gasteiger partial charge in [0, 0.05) is 31.1 Å². The van der Waals surface area contributed by atoms with E-state index in [1.807, 2.05) is 49.1 Å². The van der Waals surface area contributed by atoms with Crippen molar-refractivity contribution in [3.05, 3.63) is 94.0 Å². The van der Waals surface area contributed by atoms with Gasteiger partial charge in [-0.25, -0.2) is 8.42 Å². The Hall–Kier alpha value is -3.36. The first kappa shape index (κ1) is 26.7. The van der Waals surface area contributed by atoms with E-state index in [4.69, 9.17) is 11.6 Å². The third-order valence-corrected chi connectivity index (χ3v) is 8.56. The normalized spacial score (nSPS) is 13.6. The summed E-state index contributed by atoms with van der Waals surface area (Å²) in [7, 11) is -4.02. The topological polar surface area (TPSA) is 86.8 Å². The van der Waals surface area contributed by atoms with Gasteiger partial charge in [0.25, 0.3) is 10.0 Å². The van der Waals surface area contributed by atoms with Gasteiger partial charge in [-0.3, -0.25) is 13.9 Å². The van der Waals surface area contributed by atoms with Crippen LogP contribution >= 0.6 is 11.6 Å². The highest BCUT2D eigenvalue weighted by Crippen LogP contribution is 2.26. The summed E-state index contributed by atoms with van der Waals surface area (Å²) in [6, 6.07) is 18.9. The van der Waals surface area contributed by atoms with E-state index in [0.717, 1.165) is 39.5 Å². The van der Waals surface area contributed by atoms with Gasteiger partial charge in [0.1, 0.15) is 6.54 Å². The molecule has 1 saturated heterocycles. The number of nitrogens with zero attached hydrogens (tertiary/aromatic N) is 2. The van der Waals surface area contributed by atoms with Gasteiger partial charge < -0.3 is 10.2 Å². The highest BCUT2D eigenvalue weighted by molar-refractivity contribution is 7.92. The Morgan fingerprint density at radius 3 is 2.27 bits per heavy atom. The fourth-order valence-corrected chi connectivity index (χ4v) is 5.71. The third kappa shape index (κ3) is 6.50. The van der Waals surface area contributed by atoms with E-state index >= 15 is 0 Å². The summed E-state index contributed by atoms with van der Waals surface area (Å²) in [6.45, 7) is 5.09. The van der Waals surface area contributed by atoms with Crippen LogP contribution in [0, 0.1) is 13.8 Å². The molecule has 0 radical (unpaired) electrons. The number of carbonyl (C=O) groups excluding carboxylic acids is 2. The zero-order valence-corrected chi connectivity index (χ0v) is 22.5. The van der Waals surface area contributed by atoms with Crippen LogP contribution in [0.3, 0.4) is 0 Å². The Kier molecular flexibility index (Phi) is 8.19. The lowest BCUT2D eigenvalue weighted by molar-refractivity contribution is -0.128. The molecule has 1 fully saturated rings. The number of carbonyl (C=O) groups is 2. The molecule has 1 N–H and O–H groups in total. The van der Waals surface area contributed by atoms with Crippen molar-refractivity contribution in [2.24, 2.45) is 0 Å². The maximum absolute atomic E-state index is 13.5. The Balaban J connectivity index is 1.46. The molecular formula is C28H30ClN3O4S. The van der Waals surface area contributed by atoms with E-state index in [1.165, 1.54) is 24.3 Å². The van der Waals surface area contributed by atoms with Crippen LogP contribution in [0.1, 0.15) is 35.1 Å². The number of anilines is 1. The van der Waals surface area contributed by atoms with Crippen LogP contribution in [-0.4, -0.2) is 38.2 Å². The molecule has 4 rings (SSSR count). The number of likely N-dealkylation sites (tertiary alicyclic amines) is 1. The lowest BCUT2D eigenvalue weighted by atomic mass is 10.1. The molecule has 0 unspecified atom stereocenters. The number of nitrogens with one attached hydrogen (secondary N) is 1. The molecule has 0 aromatic heterocycles. The predicted molar refractivity (Wildman–Crippen MR) is 145 cm³/mol. The smallest absolute Gasteiger partial charge is 0.264 e. The van der Waals surface area contributed by atoms with Gasteiger partial charge in [-0.15, -0.1) is 0 Å². The van der Waals surface area contributed by atoms with Crippen LogP contribution in [0.4, 0.5) is 5.69 Å². The quantitative estimate of drug-likeness (QED) is 0.431. The SMILES string of the molecule is Cc1ccc(N(CC(=O)NCc2ccc(CN3CCCC3=O)cc2)S(=O)(=O)c2ccc(Cl)cc2)cc1C. The fourth-order valence-electron chi connectivity index (χ4n) is 4.17. The minimum absolute atomic E-state index is 0.0509. The first-order valence-electron chi connectivity index (χ1n) is 12.1. The van der Waals surface area contributed by atoms with Crippen molar-refractivity contribution in [2.75, 3.05) is 17.4 Å². The summed E-state index contributed by atoms with van der Waals surface area (Å²) < 4.78 is 28.2. The van der Waals surface area contributed by atoms with Crippen molar-refractivity contribution in [3.63, 3.8) is 0 Å². The Bertz CT molecular complexity index is 1390. The van der Waals surface area contributed by atoms with Crippen LogP contribution in [0.2, 0.25) is 5.02 Å². The van der Waals surface area contributed by atoms with Gasteiger partial charge in [0.05, 0.1) is 10.6 Å². The number of sulfonamides is 1. The average molecular weight is 540 g/mol. The van der Waals surface area contributed by atoms with Crippen molar-refractivity contribution in [1.29, 1.82) is 0 Å². The van der Waals surface area contributed by atoms with Crippen LogP contribution < -0.4 is 9.62 Å². The summed E-state index contributed by atoms with van der Waals surface area (Å²) in [5, 5.41) is 3.25. The second-order valence-corrected chi connectivity index (χ2v) is 11.5. The van der Waals surface area contributed by atoms with Gasteiger partial charge in [0.15, 0.2) is 0 Å². The van der Waals surface area contributed by atoms with Crippen molar-refractivity contribution in [3.8, 4) is 0 Å². The van der Waals surface area contributed by atoms with Crippen molar-refractivity contribution < 1.29 is 18.0 Å². The van der Waals surface area contributed by atoms with Gasteiger partial charge in [0.2, 0.25) is 11.8 Å². The van der Waals surface area contributed by atoms with Crippen LogP contribution in [0.15, 0.2) is 71.6 Å². The monoisotopic (exact) mass is 539 g/mol. The molecule has 1 heterocycles. The molecule has 0 bridgehead atoms. The number of amides is 2. The molecule has 0 saturated carbocycles. The summed E-state index contributed by atoms with van der Waals surface area (Å²) >= 11 is 5.95. The fraction of sp³-hybridized carbons (Fsp3) is 0.286. The average Bonchev–Trinajstić information content (AvgIpc) is 3.28. The minimum Gasteiger partial charge on any atom is -0.350 e.